The average molecular weight is 361 g/mol. The molecule has 0 spiro atoms. The van der Waals surface area contributed by atoms with E-state index in [0.29, 0.717) is 13.1 Å². The molecule has 2 N–H and O–H groups in total. The van der Waals surface area contributed by atoms with Crippen LogP contribution >= 0.6 is 12.4 Å². The summed E-state index contributed by atoms with van der Waals surface area (Å²) in [4.78, 5) is 14.3. The molecule has 1 aliphatic heterocycles. The first-order chi connectivity index (χ1) is 10.1. The Kier molecular flexibility index (Phi) is 6.24. The molecule has 1 amide bonds. The van der Waals surface area contributed by atoms with E-state index in [1.165, 1.54) is 5.56 Å². The molecular weight excluding hydrogens is 336 g/mol. The summed E-state index contributed by atoms with van der Waals surface area (Å²) in [7, 11) is -3.11. The van der Waals surface area contributed by atoms with Gasteiger partial charge in [0.05, 0.1) is 11.8 Å². The number of hydrogen-bond acceptors (Lipinski definition) is 4. The third kappa shape index (κ3) is 4.93. The highest BCUT2D eigenvalue weighted by Crippen LogP contribution is 2.33. The predicted molar refractivity (Wildman–Crippen MR) is 94.4 cm³/mol. The van der Waals surface area contributed by atoms with Gasteiger partial charge in [-0.05, 0) is 17.5 Å². The average Bonchev–Trinajstić information content (AvgIpc) is 2.42. The van der Waals surface area contributed by atoms with Gasteiger partial charge in [0.15, 0.2) is 0 Å². The normalized spacial score (nSPS) is 17.8. The number of halogens is 1. The van der Waals surface area contributed by atoms with Crippen LogP contribution in [0.3, 0.4) is 0 Å². The predicted octanol–water partition coefficient (Wildman–Crippen LogP) is 1.49. The van der Waals surface area contributed by atoms with Gasteiger partial charge in [0.1, 0.15) is 9.84 Å². The van der Waals surface area contributed by atoms with Crippen LogP contribution in [0.5, 0.6) is 0 Å². The summed E-state index contributed by atoms with van der Waals surface area (Å²) in [5.41, 5.74) is 8.15. The van der Waals surface area contributed by atoms with E-state index in [9.17, 15) is 13.2 Å². The number of rotatable bonds is 4. The van der Waals surface area contributed by atoms with Gasteiger partial charge in [-0.1, -0.05) is 38.1 Å². The molecule has 0 bridgehead atoms. The van der Waals surface area contributed by atoms with E-state index in [1.54, 1.807) is 4.90 Å². The van der Waals surface area contributed by atoms with Crippen LogP contribution < -0.4 is 5.73 Å². The third-order valence-electron chi connectivity index (χ3n) is 4.12. The number of nitrogens with zero attached hydrogens (tertiary/aromatic N) is 1. The first-order valence-corrected chi connectivity index (χ1v) is 9.47. The minimum atomic E-state index is -3.11. The Morgan fingerprint density at radius 1 is 1.35 bits per heavy atom. The van der Waals surface area contributed by atoms with Gasteiger partial charge in [0, 0.05) is 24.8 Å². The smallest absolute Gasteiger partial charge is 0.239 e. The van der Waals surface area contributed by atoms with Crippen LogP contribution in [0.1, 0.15) is 31.4 Å². The zero-order valence-electron chi connectivity index (χ0n) is 13.8. The zero-order valence-corrected chi connectivity index (χ0v) is 15.4. The molecule has 1 atom stereocenters. The molecule has 7 heteroatoms. The van der Waals surface area contributed by atoms with E-state index in [0.717, 1.165) is 11.8 Å². The van der Waals surface area contributed by atoms with Crippen LogP contribution in [-0.4, -0.2) is 43.8 Å². The van der Waals surface area contributed by atoms with Crippen LogP contribution in [0, 0.1) is 0 Å². The second-order valence-electron chi connectivity index (χ2n) is 6.76. The minimum absolute atomic E-state index is 0. The van der Waals surface area contributed by atoms with Gasteiger partial charge in [-0.25, -0.2) is 8.42 Å². The molecule has 130 valence electrons. The molecule has 1 aromatic rings. The lowest BCUT2D eigenvalue weighted by Gasteiger charge is -2.40. The molecular formula is C16H25ClN2O3S. The maximum Gasteiger partial charge on any atom is 0.239 e. The maximum absolute atomic E-state index is 12.5. The lowest BCUT2D eigenvalue weighted by atomic mass is 9.78. The fourth-order valence-electron chi connectivity index (χ4n) is 3.00. The van der Waals surface area contributed by atoms with Crippen LogP contribution in [0.15, 0.2) is 24.3 Å². The van der Waals surface area contributed by atoms with Crippen molar-refractivity contribution in [2.45, 2.75) is 38.3 Å². The van der Waals surface area contributed by atoms with Crippen molar-refractivity contribution in [3.63, 3.8) is 0 Å². The van der Waals surface area contributed by atoms with E-state index in [1.807, 2.05) is 18.2 Å². The van der Waals surface area contributed by atoms with Gasteiger partial charge in [0.25, 0.3) is 0 Å². The fraction of sp³-hybridized carbons (Fsp3) is 0.562. The molecule has 0 aliphatic carbocycles. The van der Waals surface area contributed by atoms with Crippen molar-refractivity contribution >= 4 is 28.2 Å². The van der Waals surface area contributed by atoms with Crippen molar-refractivity contribution in [1.29, 1.82) is 0 Å². The minimum Gasteiger partial charge on any atom is -0.336 e. The monoisotopic (exact) mass is 360 g/mol. The highest BCUT2D eigenvalue weighted by molar-refractivity contribution is 7.90. The summed E-state index contributed by atoms with van der Waals surface area (Å²) in [5, 5.41) is 0. The van der Waals surface area contributed by atoms with Crippen LogP contribution in [-0.2, 0) is 26.6 Å². The van der Waals surface area contributed by atoms with E-state index in [2.05, 4.69) is 19.9 Å². The summed E-state index contributed by atoms with van der Waals surface area (Å²) < 4.78 is 22.4. The van der Waals surface area contributed by atoms with E-state index < -0.39 is 15.9 Å². The molecule has 0 radical (unpaired) electrons. The molecule has 0 fully saturated rings. The molecule has 1 heterocycles. The topological polar surface area (TPSA) is 80.5 Å². The van der Waals surface area contributed by atoms with Gasteiger partial charge >= 0.3 is 0 Å². The summed E-state index contributed by atoms with van der Waals surface area (Å²) in [5.74, 6) is -0.237. The van der Waals surface area contributed by atoms with Crippen molar-refractivity contribution in [3.8, 4) is 0 Å². The number of nitrogens with two attached hydrogens (primary N) is 1. The second kappa shape index (κ2) is 7.20. The van der Waals surface area contributed by atoms with Crippen LogP contribution in [0.25, 0.3) is 0 Å². The first-order valence-electron chi connectivity index (χ1n) is 7.41. The van der Waals surface area contributed by atoms with Gasteiger partial charge < -0.3 is 10.6 Å². The number of fused-ring (bicyclic) bond motifs is 1. The number of carbonyl (C=O) groups excluding carboxylic acids is 1. The Morgan fingerprint density at radius 3 is 2.57 bits per heavy atom. The quantitative estimate of drug-likeness (QED) is 0.882. The Labute approximate surface area is 144 Å². The number of carbonyl (C=O) groups is 1. The van der Waals surface area contributed by atoms with Gasteiger partial charge in [-0.15, -0.1) is 12.4 Å². The molecule has 1 aromatic carbocycles. The van der Waals surface area contributed by atoms with Gasteiger partial charge in [-0.2, -0.15) is 0 Å². The largest absolute Gasteiger partial charge is 0.336 e. The van der Waals surface area contributed by atoms with Gasteiger partial charge in [-0.3, -0.25) is 4.79 Å². The standard InChI is InChI=1S/C16H24N2O3S.ClH/c1-16(2)11-18(10-12-6-4-5-7-13(12)16)15(19)14(17)8-9-22(3,20)21;/h4-7,14H,8-11,17H2,1-3H3;1H. The summed E-state index contributed by atoms with van der Waals surface area (Å²) in [6.45, 7) is 5.33. The van der Waals surface area contributed by atoms with Crippen molar-refractivity contribution < 1.29 is 13.2 Å². The summed E-state index contributed by atoms with van der Waals surface area (Å²) in [6, 6.07) is 7.33. The van der Waals surface area contributed by atoms with E-state index in [-0.39, 0.29) is 35.9 Å². The second-order valence-corrected chi connectivity index (χ2v) is 9.02. The molecule has 0 saturated heterocycles. The Morgan fingerprint density at radius 2 is 1.96 bits per heavy atom. The zero-order chi connectivity index (χ0) is 16.5. The lowest BCUT2D eigenvalue weighted by molar-refractivity contribution is -0.134. The molecule has 23 heavy (non-hydrogen) atoms. The van der Waals surface area contributed by atoms with Crippen LogP contribution in [0.4, 0.5) is 0 Å². The number of benzene rings is 1. The van der Waals surface area contributed by atoms with E-state index in [4.69, 9.17) is 5.73 Å². The molecule has 1 unspecified atom stereocenters. The Hall–Kier alpha value is -1.11. The lowest BCUT2D eigenvalue weighted by Crippen LogP contribution is -2.51. The fourth-order valence-corrected chi connectivity index (χ4v) is 3.68. The number of sulfone groups is 1. The van der Waals surface area contributed by atoms with Crippen molar-refractivity contribution in [2.24, 2.45) is 5.73 Å². The van der Waals surface area contributed by atoms with Crippen molar-refractivity contribution in [2.75, 3.05) is 18.6 Å². The molecule has 5 nitrogen and oxygen atoms in total. The van der Waals surface area contributed by atoms with Gasteiger partial charge in [0.2, 0.25) is 5.91 Å². The van der Waals surface area contributed by atoms with Crippen LogP contribution in [0.2, 0.25) is 0 Å². The SMILES string of the molecule is CC1(C)CN(C(=O)C(N)CCS(C)(=O)=O)Cc2ccccc21.Cl. The number of hydrogen-bond donors (Lipinski definition) is 1. The molecule has 1 aliphatic rings. The van der Waals surface area contributed by atoms with Crippen molar-refractivity contribution in [1.82, 2.24) is 4.90 Å². The highest BCUT2D eigenvalue weighted by Gasteiger charge is 2.35. The maximum atomic E-state index is 12.5. The summed E-state index contributed by atoms with van der Waals surface area (Å²) in [6.07, 6.45) is 1.32. The Bertz CT molecular complexity index is 674. The summed E-state index contributed by atoms with van der Waals surface area (Å²) >= 11 is 0. The highest BCUT2D eigenvalue weighted by atomic mass is 35.5. The van der Waals surface area contributed by atoms with E-state index >= 15 is 0 Å². The first kappa shape index (κ1) is 19.9. The number of amides is 1. The molecule has 0 aromatic heterocycles. The molecule has 2 rings (SSSR count). The Balaban J connectivity index is 0.00000264. The van der Waals surface area contributed by atoms with Crippen molar-refractivity contribution in [3.05, 3.63) is 35.4 Å². The molecule has 0 saturated carbocycles. The third-order valence-corrected chi connectivity index (χ3v) is 5.10.